The molecule has 2 rings (SSSR count). The third kappa shape index (κ3) is 2.43. The van der Waals surface area contributed by atoms with Crippen LogP contribution in [0.3, 0.4) is 0 Å². The number of benzene rings is 1. The Morgan fingerprint density at radius 1 is 1.41 bits per heavy atom. The predicted molar refractivity (Wildman–Crippen MR) is 63.4 cm³/mol. The molecule has 0 unspecified atom stereocenters. The van der Waals surface area contributed by atoms with Gasteiger partial charge in [-0.05, 0) is 24.6 Å². The van der Waals surface area contributed by atoms with Crippen molar-refractivity contribution in [3.05, 3.63) is 23.8 Å². The van der Waals surface area contributed by atoms with Gasteiger partial charge in [-0.2, -0.15) is 0 Å². The summed E-state index contributed by atoms with van der Waals surface area (Å²) in [7, 11) is 1.61. The second-order valence-electron chi connectivity index (χ2n) is 3.75. The van der Waals surface area contributed by atoms with Crippen LogP contribution in [0.4, 0.5) is 4.79 Å². The Labute approximate surface area is 100 Å². The Bertz CT molecular complexity index is 420. The Hall–Kier alpha value is -1.91. The minimum Gasteiger partial charge on any atom is -0.493 e. The lowest BCUT2D eigenvalue weighted by Gasteiger charge is -2.14. The second kappa shape index (κ2) is 4.95. The summed E-state index contributed by atoms with van der Waals surface area (Å²) in [5, 5.41) is 5.56. The van der Waals surface area contributed by atoms with Crippen molar-refractivity contribution in [2.75, 3.05) is 20.3 Å². The molecule has 1 fully saturated rings. The molecule has 0 spiro atoms. The summed E-state index contributed by atoms with van der Waals surface area (Å²) < 4.78 is 10.7. The van der Waals surface area contributed by atoms with Crippen molar-refractivity contribution in [1.29, 1.82) is 0 Å². The molecule has 5 nitrogen and oxygen atoms in total. The van der Waals surface area contributed by atoms with Crippen molar-refractivity contribution in [2.45, 2.75) is 13.0 Å². The van der Waals surface area contributed by atoms with E-state index < -0.39 is 0 Å². The van der Waals surface area contributed by atoms with Crippen molar-refractivity contribution in [1.82, 2.24) is 10.6 Å². The van der Waals surface area contributed by atoms with Crippen LogP contribution in [0.1, 0.15) is 18.5 Å². The average molecular weight is 236 g/mol. The minimum atomic E-state index is -0.135. The first-order chi connectivity index (χ1) is 8.24. The molecule has 2 N–H and O–H groups in total. The maximum atomic E-state index is 11.1. The highest BCUT2D eigenvalue weighted by Crippen LogP contribution is 2.30. The molecule has 92 valence electrons. The van der Waals surface area contributed by atoms with E-state index in [0.29, 0.717) is 24.7 Å². The smallest absolute Gasteiger partial charge is 0.315 e. The average Bonchev–Trinajstić information content (AvgIpc) is 2.76. The molecule has 1 aliphatic heterocycles. The van der Waals surface area contributed by atoms with Gasteiger partial charge >= 0.3 is 6.03 Å². The largest absolute Gasteiger partial charge is 0.493 e. The highest BCUT2D eigenvalue weighted by Gasteiger charge is 2.22. The van der Waals surface area contributed by atoms with Gasteiger partial charge in [-0.15, -0.1) is 0 Å². The lowest BCUT2D eigenvalue weighted by atomic mass is 10.1. The van der Waals surface area contributed by atoms with E-state index in [2.05, 4.69) is 10.6 Å². The number of amides is 2. The fourth-order valence-electron chi connectivity index (χ4n) is 1.83. The van der Waals surface area contributed by atoms with Crippen LogP contribution >= 0.6 is 0 Å². The number of urea groups is 1. The molecule has 1 heterocycles. The Balaban J connectivity index is 2.23. The maximum Gasteiger partial charge on any atom is 0.315 e. The summed E-state index contributed by atoms with van der Waals surface area (Å²) in [5.74, 6) is 1.40. The summed E-state index contributed by atoms with van der Waals surface area (Å²) in [6.07, 6.45) is 0. The number of carbonyl (C=O) groups excluding carboxylic acids is 1. The molecular formula is C12H16N2O3. The van der Waals surface area contributed by atoms with Crippen LogP contribution in [0.15, 0.2) is 18.2 Å². The molecule has 1 atom stereocenters. The van der Waals surface area contributed by atoms with Crippen molar-refractivity contribution < 1.29 is 14.3 Å². The summed E-state index contributed by atoms with van der Waals surface area (Å²) in [6.45, 7) is 3.09. The topological polar surface area (TPSA) is 59.6 Å². The molecule has 0 aromatic heterocycles. The van der Waals surface area contributed by atoms with Crippen molar-refractivity contribution in [3.8, 4) is 11.5 Å². The summed E-state index contributed by atoms with van der Waals surface area (Å²) in [6, 6.07) is 5.54. The van der Waals surface area contributed by atoms with E-state index in [1.54, 1.807) is 7.11 Å². The van der Waals surface area contributed by atoms with Gasteiger partial charge in [0.25, 0.3) is 0 Å². The number of rotatable bonds is 4. The van der Waals surface area contributed by atoms with Gasteiger partial charge < -0.3 is 20.1 Å². The molecular weight excluding hydrogens is 220 g/mol. The van der Waals surface area contributed by atoms with Crippen LogP contribution < -0.4 is 20.1 Å². The van der Waals surface area contributed by atoms with E-state index in [1.807, 2.05) is 25.1 Å². The number of hydrogen-bond acceptors (Lipinski definition) is 3. The maximum absolute atomic E-state index is 11.1. The minimum absolute atomic E-state index is 0.00684. The first-order valence-electron chi connectivity index (χ1n) is 5.59. The molecule has 1 saturated heterocycles. The van der Waals surface area contributed by atoms with E-state index in [1.165, 1.54) is 0 Å². The lowest BCUT2D eigenvalue weighted by molar-refractivity contribution is 0.247. The van der Waals surface area contributed by atoms with Crippen molar-refractivity contribution >= 4 is 6.03 Å². The molecule has 1 aromatic carbocycles. The fraction of sp³-hybridized carbons (Fsp3) is 0.417. The zero-order valence-electron chi connectivity index (χ0n) is 9.95. The standard InChI is InChI=1S/C12H16N2O3/c1-3-17-11-6-8(4-5-10(11)16-2)9-7-13-12(15)14-9/h4-6,9H,3,7H2,1-2H3,(H2,13,14,15)/t9-/m0/s1. The fourth-order valence-corrected chi connectivity index (χ4v) is 1.83. The number of carbonyl (C=O) groups is 1. The van der Waals surface area contributed by atoms with Crippen molar-refractivity contribution in [2.24, 2.45) is 0 Å². The van der Waals surface area contributed by atoms with Gasteiger partial charge in [0.1, 0.15) is 0 Å². The van der Waals surface area contributed by atoms with E-state index >= 15 is 0 Å². The zero-order valence-corrected chi connectivity index (χ0v) is 9.95. The van der Waals surface area contributed by atoms with Crippen LogP contribution in [-0.4, -0.2) is 26.3 Å². The van der Waals surface area contributed by atoms with Gasteiger partial charge in [0.2, 0.25) is 0 Å². The third-order valence-corrected chi connectivity index (χ3v) is 2.66. The van der Waals surface area contributed by atoms with Crippen LogP contribution in [0.2, 0.25) is 0 Å². The van der Waals surface area contributed by atoms with E-state index in [4.69, 9.17) is 9.47 Å². The first kappa shape index (κ1) is 11.6. The predicted octanol–water partition coefficient (Wildman–Crippen LogP) is 1.45. The van der Waals surface area contributed by atoms with Gasteiger partial charge in [-0.25, -0.2) is 4.79 Å². The van der Waals surface area contributed by atoms with Gasteiger partial charge in [-0.1, -0.05) is 6.07 Å². The molecule has 5 heteroatoms. The van der Waals surface area contributed by atoms with E-state index in [0.717, 1.165) is 5.56 Å². The highest BCUT2D eigenvalue weighted by atomic mass is 16.5. The SMILES string of the molecule is CCOc1cc([C@@H]2CNC(=O)N2)ccc1OC. The highest BCUT2D eigenvalue weighted by molar-refractivity contribution is 5.77. The third-order valence-electron chi connectivity index (χ3n) is 2.66. The van der Waals surface area contributed by atoms with Crippen LogP contribution in [0.25, 0.3) is 0 Å². The van der Waals surface area contributed by atoms with E-state index in [9.17, 15) is 4.79 Å². The van der Waals surface area contributed by atoms with Gasteiger partial charge in [-0.3, -0.25) is 0 Å². The van der Waals surface area contributed by atoms with Gasteiger partial charge in [0, 0.05) is 6.54 Å². The molecule has 0 aliphatic carbocycles. The zero-order chi connectivity index (χ0) is 12.3. The summed E-state index contributed by atoms with van der Waals surface area (Å²) in [5.41, 5.74) is 1.01. The van der Waals surface area contributed by atoms with E-state index in [-0.39, 0.29) is 12.1 Å². The Morgan fingerprint density at radius 3 is 2.82 bits per heavy atom. The first-order valence-corrected chi connectivity index (χ1v) is 5.59. The summed E-state index contributed by atoms with van der Waals surface area (Å²) >= 11 is 0. The molecule has 17 heavy (non-hydrogen) atoms. The van der Waals surface area contributed by atoms with Crippen LogP contribution in [-0.2, 0) is 0 Å². The molecule has 1 aliphatic rings. The lowest BCUT2D eigenvalue weighted by Crippen LogP contribution is -2.21. The Morgan fingerprint density at radius 2 is 2.24 bits per heavy atom. The normalized spacial score (nSPS) is 18.5. The molecule has 0 bridgehead atoms. The molecule has 1 aromatic rings. The number of ether oxygens (including phenoxy) is 2. The van der Waals surface area contributed by atoms with Crippen molar-refractivity contribution in [3.63, 3.8) is 0 Å². The summed E-state index contributed by atoms with van der Waals surface area (Å²) in [4.78, 5) is 11.1. The van der Waals surface area contributed by atoms with Gasteiger partial charge in [0.15, 0.2) is 11.5 Å². The molecule has 2 amide bonds. The Kier molecular flexibility index (Phi) is 3.37. The quantitative estimate of drug-likeness (QED) is 0.831. The number of methoxy groups -OCH3 is 1. The molecule has 0 radical (unpaired) electrons. The van der Waals surface area contributed by atoms with Crippen LogP contribution in [0.5, 0.6) is 11.5 Å². The number of nitrogens with one attached hydrogen (secondary N) is 2. The number of hydrogen-bond donors (Lipinski definition) is 2. The second-order valence-corrected chi connectivity index (χ2v) is 3.75. The molecule has 0 saturated carbocycles. The van der Waals surface area contributed by atoms with Crippen LogP contribution in [0, 0.1) is 0 Å². The van der Waals surface area contributed by atoms with Gasteiger partial charge in [0.05, 0.1) is 19.8 Å². The monoisotopic (exact) mass is 236 g/mol.